The van der Waals surface area contributed by atoms with Gasteiger partial charge in [-0.1, -0.05) is 30.3 Å². The fraction of sp³-hybridized carbons (Fsp3) is 0.263. The van der Waals surface area contributed by atoms with Crippen LogP contribution in [0, 0.1) is 0 Å². The number of imidazole rings is 1. The summed E-state index contributed by atoms with van der Waals surface area (Å²) in [6.45, 7) is 0.226. The number of nitrogens with one attached hydrogen (secondary N) is 1. The summed E-state index contributed by atoms with van der Waals surface area (Å²) >= 11 is 0. The van der Waals surface area contributed by atoms with E-state index in [1.807, 2.05) is 30.3 Å². The van der Waals surface area contributed by atoms with Gasteiger partial charge in [0.1, 0.15) is 6.54 Å². The maximum Gasteiger partial charge on any atom is 0.332 e. The average Bonchev–Trinajstić information content (AvgIpc) is 3.41. The summed E-state index contributed by atoms with van der Waals surface area (Å²) in [6, 6.07) is 9.12. The van der Waals surface area contributed by atoms with E-state index in [4.69, 9.17) is 0 Å². The molecule has 0 radical (unpaired) electrons. The predicted molar refractivity (Wildman–Crippen MR) is 108 cm³/mol. The van der Waals surface area contributed by atoms with Crippen molar-refractivity contribution < 1.29 is 4.79 Å². The SMILES string of the molecule is Cn1c(=O)c2c(ncn2CC(=O)NC(Cn2nccn2)c2ccccc2)n(C)c1=O. The second-order valence-corrected chi connectivity index (χ2v) is 6.87. The summed E-state index contributed by atoms with van der Waals surface area (Å²) in [6.07, 6.45) is 4.53. The molecule has 1 atom stereocenters. The fourth-order valence-electron chi connectivity index (χ4n) is 3.33. The Bertz CT molecular complexity index is 1300. The van der Waals surface area contributed by atoms with Crippen molar-refractivity contribution in [1.29, 1.82) is 0 Å². The monoisotopic (exact) mass is 408 g/mol. The van der Waals surface area contributed by atoms with Crippen LogP contribution in [0.15, 0.2) is 58.6 Å². The fourth-order valence-corrected chi connectivity index (χ4v) is 3.33. The van der Waals surface area contributed by atoms with Crippen LogP contribution in [0.25, 0.3) is 11.2 Å². The molecule has 4 aromatic rings. The van der Waals surface area contributed by atoms with Gasteiger partial charge < -0.3 is 9.88 Å². The number of carbonyl (C=O) groups excluding carboxylic acids is 1. The molecule has 3 heterocycles. The molecule has 3 aromatic heterocycles. The van der Waals surface area contributed by atoms with Crippen LogP contribution in [0.2, 0.25) is 0 Å². The Morgan fingerprint density at radius 3 is 2.47 bits per heavy atom. The lowest BCUT2D eigenvalue weighted by molar-refractivity contribution is -0.122. The number of aryl methyl sites for hydroxylation is 1. The number of hydrogen-bond donors (Lipinski definition) is 1. The minimum Gasteiger partial charge on any atom is -0.346 e. The largest absolute Gasteiger partial charge is 0.346 e. The maximum atomic E-state index is 12.8. The lowest BCUT2D eigenvalue weighted by Gasteiger charge is -2.19. The van der Waals surface area contributed by atoms with Gasteiger partial charge in [-0.15, -0.1) is 0 Å². The van der Waals surface area contributed by atoms with Gasteiger partial charge in [-0.2, -0.15) is 15.0 Å². The number of carbonyl (C=O) groups is 1. The number of amides is 1. The molecule has 0 aliphatic rings. The molecule has 11 heteroatoms. The molecule has 30 heavy (non-hydrogen) atoms. The highest BCUT2D eigenvalue weighted by Crippen LogP contribution is 2.14. The smallest absolute Gasteiger partial charge is 0.332 e. The number of fused-ring (bicyclic) bond motifs is 1. The van der Waals surface area contributed by atoms with Crippen molar-refractivity contribution in [2.45, 2.75) is 19.1 Å². The summed E-state index contributed by atoms with van der Waals surface area (Å²) in [4.78, 5) is 43.1. The average molecular weight is 408 g/mol. The van der Waals surface area contributed by atoms with Gasteiger partial charge in [-0.05, 0) is 5.56 Å². The predicted octanol–water partition coefficient (Wildman–Crippen LogP) is -0.417. The van der Waals surface area contributed by atoms with Gasteiger partial charge in [0.25, 0.3) is 5.56 Å². The molecule has 0 fully saturated rings. The summed E-state index contributed by atoms with van der Waals surface area (Å²) in [5.74, 6) is -0.314. The van der Waals surface area contributed by atoms with E-state index in [0.717, 1.165) is 10.1 Å². The van der Waals surface area contributed by atoms with Crippen LogP contribution in [0.4, 0.5) is 0 Å². The van der Waals surface area contributed by atoms with Crippen LogP contribution in [0.5, 0.6) is 0 Å². The normalized spacial score (nSPS) is 12.2. The van der Waals surface area contributed by atoms with Gasteiger partial charge in [0.15, 0.2) is 11.2 Å². The lowest BCUT2D eigenvalue weighted by atomic mass is 10.1. The molecule has 154 valence electrons. The molecule has 0 spiro atoms. The standard InChI is InChI=1S/C19H20N8O3/c1-24-17-16(18(29)25(2)19(24)30)26(12-20-17)11-15(28)23-14(10-27-21-8-9-22-27)13-6-4-3-5-7-13/h3-9,12,14H,10-11H2,1-2H3,(H,23,28). The molecule has 0 aliphatic carbocycles. The van der Waals surface area contributed by atoms with Crippen molar-refractivity contribution in [2.75, 3.05) is 0 Å². The Morgan fingerprint density at radius 2 is 1.77 bits per heavy atom. The molecule has 1 unspecified atom stereocenters. The lowest BCUT2D eigenvalue weighted by Crippen LogP contribution is -2.38. The minimum absolute atomic E-state index is 0.125. The zero-order chi connectivity index (χ0) is 21.3. The van der Waals surface area contributed by atoms with Crippen molar-refractivity contribution >= 4 is 17.1 Å². The molecule has 1 aromatic carbocycles. The second-order valence-electron chi connectivity index (χ2n) is 6.87. The highest BCUT2D eigenvalue weighted by Gasteiger charge is 2.19. The summed E-state index contributed by atoms with van der Waals surface area (Å²) in [5, 5.41) is 11.2. The first kappa shape index (κ1) is 19.3. The number of aromatic nitrogens is 7. The minimum atomic E-state index is -0.501. The first-order valence-corrected chi connectivity index (χ1v) is 9.25. The quantitative estimate of drug-likeness (QED) is 0.463. The molecule has 1 amide bonds. The Labute approximate surface area is 170 Å². The van der Waals surface area contributed by atoms with E-state index in [0.29, 0.717) is 6.54 Å². The maximum absolute atomic E-state index is 12.8. The summed E-state index contributed by atoms with van der Waals surface area (Å²) in [5.41, 5.74) is 0.352. The topological polar surface area (TPSA) is 122 Å². The third-order valence-corrected chi connectivity index (χ3v) is 4.88. The number of rotatable bonds is 6. The van der Waals surface area contributed by atoms with Crippen molar-refractivity contribution in [3.63, 3.8) is 0 Å². The second kappa shape index (κ2) is 7.78. The molecular formula is C19H20N8O3. The van der Waals surface area contributed by atoms with Crippen LogP contribution in [-0.4, -0.2) is 39.6 Å². The molecule has 0 saturated carbocycles. The van der Waals surface area contributed by atoms with Crippen molar-refractivity contribution in [3.8, 4) is 0 Å². The van der Waals surface area contributed by atoms with Gasteiger partial charge in [0, 0.05) is 14.1 Å². The third-order valence-electron chi connectivity index (χ3n) is 4.88. The van der Waals surface area contributed by atoms with E-state index >= 15 is 0 Å². The van der Waals surface area contributed by atoms with Gasteiger partial charge in [0.2, 0.25) is 5.91 Å². The number of hydrogen-bond acceptors (Lipinski definition) is 6. The summed E-state index contributed by atoms with van der Waals surface area (Å²) in [7, 11) is 2.92. The van der Waals surface area contributed by atoms with E-state index in [-0.39, 0.29) is 29.7 Å². The van der Waals surface area contributed by atoms with Gasteiger partial charge in [-0.3, -0.25) is 18.7 Å². The van der Waals surface area contributed by atoms with Crippen LogP contribution in [0.1, 0.15) is 11.6 Å². The molecule has 1 N–H and O–H groups in total. The molecular weight excluding hydrogens is 388 g/mol. The molecule has 0 saturated heterocycles. The third kappa shape index (κ3) is 3.52. The zero-order valence-electron chi connectivity index (χ0n) is 16.5. The van der Waals surface area contributed by atoms with E-state index in [1.54, 1.807) is 12.4 Å². The highest BCUT2D eigenvalue weighted by molar-refractivity contribution is 5.79. The zero-order valence-corrected chi connectivity index (χ0v) is 16.5. The van der Waals surface area contributed by atoms with E-state index < -0.39 is 11.2 Å². The Hall–Kier alpha value is -4.02. The van der Waals surface area contributed by atoms with E-state index in [1.165, 1.54) is 34.4 Å². The number of nitrogens with zero attached hydrogens (tertiary/aromatic N) is 7. The molecule has 0 bridgehead atoms. The Morgan fingerprint density at radius 1 is 1.07 bits per heavy atom. The van der Waals surface area contributed by atoms with Gasteiger partial charge >= 0.3 is 5.69 Å². The summed E-state index contributed by atoms with van der Waals surface area (Å²) < 4.78 is 3.72. The molecule has 11 nitrogen and oxygen atoms in total. The van der Waals surface area contributed by atoms with Gasteiger partial charge in [-0.25, -0.2) is 9.78 Å². The first-order chi connectivity index (χ1) is 14.5. The van der Waals surface area contributed by atoms with E-state index in [2.05, 4.69) is 20.5 Å². The van der Waals surface area contributed by atoms with E-state index in [9.17, 15) is 14.4 Å². The molecule has 4 rings (SSSR count). The van der Waals surface area contributed by atoms with Crippen molar-refractivity contribution in [2.24, 2.45) is 14.1 Å². The van der Waals surface area contributed by atoms with Crippen LogP contribution < -0.4 is 16.6 Å². The highest BCUT2D eigenvalue weighted by atomic mass is 16.2. The van der Waals surface area contributed by atoms with Crippen molar-refractivity contribution in [3.05, 3.63) is 75.5 Å². The number of benzene rings is 1. The van der Waals surface area contributed by atoms with Crippen molar-refractivity contribution in [1.82, 2.24) is 39.0 Å². The Balaban J connectivity index is 1.61. The Kier molecular flexibility index (Phi) is 5.00. The van der Waals surface area contributed by atoms with Crippen LogP contribution in [0.3, 0.4) is 0 Å². The first-order valence-electron chi connectivity index (χ1n) is 9.25. The molecule has 0 aliphatic heterocycles. The van der Waals surface area contributed by atoms with Gasteiger partial charge in [0.05, 0.1) is 31.3 Å². The van der Waals surface area contributed by atoms with Crippen LogP contribution in [-0.2, 0) is 32.0 Å². The van der Waals surface area contributed by atoms with Crippen LogP contribution >= 0.6 is 0 Å².